The first-order chi connectivity index (χ1) is 6.77. The Balaban J connectivity index is 1.86. The molecule has 1 N–H and O–H groups in total. The fraction of sp³-hybridized carbons (Fsp3) is 1.00. The third-order valence-electron chi connectivity index (χ3n) is 3.13. The number of nitrogens with zero attached hydrogens (tertiary/aromatic N) is 1. The van der Waals surface area contributed by atoms with Crippen molar-refractivity contribution in [2.75, 3.05) is 40.0 Å². The maximum atomic E-state index is 10.1. The fourth-order valence-electron chi connectivity index (χ4n) is 2.14. The Kier molecular flexibility index (Phi) is 3.38. The van der Waals surface area contributed by atoms with Crippen LogP contribution in [-0.4, -0.2) is 62.2 Å². The van der Waals surface area contributed by atoms with Crippen molar-refractivity contribution in [2.24, 2.45) is 5.92 Å². The van der Waals surface area contributed by atoms with Gasteiger partial charge in [0.25, 0.3) is 0 Å². The van der Waals surface area contributed by atoms with Crippen molar-refractivity contribution in [3.8, 4) is 0 Å². The van der Waals surface area contributed by atoms with E-state index in [1.54, 1.807) is 0 Å². The van der Waals surface area contributed by atoms with E-state index in [1.807, 2.05) is 0 Å². The Morgan fingerprint density at radius 3 is 2.93 bits per heavy atom. The van der Waals surface area contributed by atoms with E-state index in [9.17, 15) is 5.11 Å². The van der Waals surface area contributed by atoms with E-state index in [-0.39, 0.29) is 18.1 Å². The summed E-state index contributed by atoms with van der Waals surface area (Å²) in [5.74, 6) is 0.270. The van der Waals surface area contributed by atoms with Crippen LogP contribution in [0.25, 0.3) is 0 Å². The number of likely N-dealkylation sites (N-methyl/N-ethyl adjacent to an activating group) is 1. The second kappa shape index (κ2) is 4.57. The van der Waals surface area contributed by atoms with Gasteiger partial charge in [-0.15, -0.1) is 0 Å². The van der Waals surface area contributed by atoms with E-state index >= 15 is 0 Å². The Morgan fingerprint density at radius 2 is 2.29 bits per heavy atom. The van der Waals surface area contributed by atoms with Gasteiger partial charge >= 0.3 is 0 Å². The molecule has 0 aliphatic carbocycles. The molecule has 4 nitrogen and oxygen atoms in total. The van der Waals surface area contributed by atoms with E-state index in [4.69, 9.17) is 9.47 Å². The Hall–Kier alpha value is -0.160. The topological polar surface area (TPSA) is 41.9 Å². The van der Waals surface area contributed by atoms with E-state index < -0.39 is 0 Å². The first kappa shape index (κ1) is 10.4. The number of aliphatic hydroxyl groups excluding tert-OH is 1. The van der Waals surface area contributed by atoms with Gasteiger partial charge < -0.3 is 19.5 Å². The molecule has 0 aromatic carbocycles. The highest BCUT2D eigenvalue weighted by Gasteiger charge is 2.33. The molecular weight excluding hydrogens is 182 g/mol. The highest BCUT2D eigenvalue weighted by Crippen LogP contribution is 2.21. The minimum absolute atomic E-state index is 0.0274. The Bertz CT molecular complexity index is 182. The van der Waals surface area contributed by atoms with Crippen LogP contribution in [0, 0.1) is 5.92 Å². The van der Waals surface area contributed by atoms with E-state index in [0.29, 0.717) is 6.61 Å². The zero-order valence-electron chi connectivity index (χ0n) is 8.69. The first-order valence-corrected chi connectivity index (χ1v) is 5.33. The lowest BCUT2D eigenvalue weighted by molar-refractivity contribution is -0.101. The Labute approximate surface area is 84.8 Å². The van der Waals surface area contributed by atoms with Crippen molar-refractivity contribution in [1.82, 2.24) is 4.90 Å². The molecule has 3 atom stereocenters. The predicted octanol–water partition coefficient (Wildman–Crippen LogP) is -0.286. The minimum Gasteiger partial charge on any atom is -0.390 e. The third kappa shape index (κ3) is 2.25. The zero-order chi connectivity index (χ0) is 9.97. The first-order valence-electron chi connectivity index (χ1n) is 5.33. The van der Waals surface area contributed by atoms with Crippen molar-refractivity contribution in [3.05, 3.63) is 0 Å². The van der Waals surface area contributed by atoms with Crippen molar-refractivity contribution >= 4 is 0 Å². The molecule has 0 bridgehead atoms. The molecular formula is C10H19NO3. The van der Waals surface area contributed by atoms with Crippen molar-refractivity contribution in [3.63, 3.8) is 0 Å². The maximum Gasteiger partial charge on any atom is 0.0964 e. The average Bonchev–Trinajstić information content (AvgIpc) is 2.69. The third-order valence-corrected chi connectivity index (χ3v) is 3.13. The lowest BCUT2D eigenvalue weighted by Crippen LogP contribution is -2.48. The largest absolute Gasteiger partial charge is 0.390 e. The van der Waals surface area contributed by atoms with Crippen LogP contribution in [-0.2, 0) is 9.47 Å². The van der Waals surface area contributed by atoms with Gasteiger partial charge in [0.1, 0.15) is 0 Å². The van der Waals surface area contributed by atoms with Gasteiger partial charge in [0.15, 0.2) is 0 Å². The molecule has 2 saturated heterocycles. The maximum absolute atomic E-state index is 10.1. The van der Waals surface area contributed by atoms with Crippen LogP contribution in [0.4, 0.5) is 0 Å². The van der Waals surface area contributed by atoms with E-state index in [0.717, 1.165) is 32.7 Å². The van der Waals surface area contributed by atoms with Gasteiger partial charge in [-0.05, 0) is 13.5 Å². The van der Waals surface area contributed by atoms with Gasteiger partial charge in [0, 0.05) is 25.6 Å². The van der Waals surface area contributed by atoms with Gasteiger partial charge in [0.05, 0.1) is 25.4 Å². The molecule has 82 valence electrons. The molecule has 2 rings (SSSR count). The quantitative estimate of drug-likeness (QED) is 0.667. The molecule has 2 aliphatic rings. The van der Waals surface area contributed by atoms with Crippen LogP contribution in [0.15, 0.2) is 0 Å². The summed E-state index contributed by atoms with van der Waals surface area (Å²) in [5, 5.41) is 10.1. The van der Waals surface area contributed by atoms with Crippen molar-refractivity contribution in [2.45, 2.75) is 18.6 Å². The molecule has 0 amide bonds. The predicted molar refractivity (Wildman–Crippen MR) is 52.2 cm³/mol. The molecule has 0 aromatic heterocycles. The number of hydrogen-bond donors (Lipinski definition) is 1. The summed E-state index contributed by atoms with van der Waals surface area (Å²) >= 11 is 0. The summed E-state index contributed by atoms with van der Waals surface area (Å²) in [7, 11) is 2.06. The number of aliphatic hydroxyl groups is 1. The molecule has 0 spiro atoms. The molecule has 2 aliphatic heterocycles. The summed E-state index contributed by atoms with van der Waals surface area (Å²) in [6, 6.07) is 0. The molecule has 2 fully saturated rings. The molecule has 2 heterocycles. The minimum atomic E-state index is -0.361. The van der Waals surface area contributed by atoms with Crippen LogP contribution in [0.5, 0.6) is 0 Å². The zero-order valence-corrected chi connectivity index (χ0v) is 8.69. The van der Waals surface area contributed by atoms with Crippen LogP contribution in [0.1, 0.15) is 6.42 Å². The Morgan fingerprint density at radius 1 is 1.43 bits per heavy atom. The molecule has 0 aromatic rings. The molecule has 0 saturated carbocycles. The summed E-state index contributed by atoms with van der Waals surface area (Å²) in [4.78, 5) is 2.20. The second-order valence-electron chi connectivity index (χ2n) is 4.29. The summed E-state index contributed by atoms with van der Waals surface area (Å²) in [6.07, 6.45) is 0.575. The van der Waals surface area contributed by atoms with Crippen LogP contribution >= 0.6 is 0 Å². The van der Waals surface area contributed by atoms with Gasteiger partial charge in [-0.1, -0.05) is 0 Å². The number of hydrogen-bond acceptors (Lipinski definition) is 4. The van der Waals surface area contributed by atoms with Crippen LogP contribution in [0.3, 0.4) is 0 Å². The summed E-state index contributed by atoms with van der Waals surface area (Å²) < 4.78 is 10.8. The smallest absolute Gasteiger partial charge is 0.0964 e. The number of ether oxygens (including phenoxy) is 2. The second-order valence-corrected chi connectivity index (χ2v) is 4.29. The molecule has 3 unspecified atom stereocenters. The van der Waals surface area contributed by atoms with E-state index in [2.05, 4.69) is 11.9 Å². The monoisotopic (exact) mass is 201 g/mol. The lowest BCUT2D eigenvalue weighted by atomic mass is 9.96. The van der Waals surface area contributed by atoms with Gasteiger partial charge in [0.2, 0.25) is 0 Å². The summed E-state index contributed by atoms with van der Waals surface area (Å²) in [6.45, 7) is 3.99. The van der Waals surface area contributed by atoms with Crippen LogP contribution < -0.4 is 0 Å². The van der Waals surface area contributed by atoms with Gasteiger partial charge in [-0.25, -0.2) is 0 Å². The SMILES string of the molecule is CN1CCOC(C(O)C2CCOC2)C1. The number of rotatable bonds is 2. The fourth-order valence-corrected chi connectivity index (χ4v) is 2.14. The highest BCUT2D eigenvalue weighted by atomic mass is 16.5. The van der Waals surface area contributed by atoms with Gasteiger partial charge in [-0.2, -0.15) is 0 Å². The molecule has 14 heavy (non-hydrogen) atoms. The van der Waals surface area contributed by atoms with Crippen molar-refractivity contribution in [1.29, 1.82) is 0 Å². The molecule has 0 radical (unpaired) electrons. The molecule has 4 heteroatoms. The van der Waals surface area contributed by atoms with E-state index in [1.165, 1.54) is 0 Å². The van der Waals surface area contributed by atoms with Crippen LogP contribution in [0.2, 0.25) is 0 Å². The number of morpholine rings is 1. The van der Waals surface area contributed by atoms with Gasteiger partial charge in [-0.3, -0.25) is 0 Å². The highest BCUT2D eigenvalue weighted by molar-refractivity contribution is 4.83. The standard InChI is InChI=1S/C10H19NO3/c1-11-3-5-14-9(6-11)10(12)8-2-4-13-7-8/h8-10,12H,2-7H2,1H3. The lowest BCUT2D eigenvalue weighted by Gasteiger charge is -2.34. The summed E-state index contributed by atoms with van der Waals surface area (Å²) in [5.41, 5.74) is 0. The normalized spacial score (nSPS) is 37.3. The van der Waals surface area contributed by atoms with Crippen molar-refractivity contribution < 1.29 is 14.6 Å². The average molecular weight is 201 g/mol.